The normalized spacial score (nSPS) is 28.3. The van der Waals surface area contributed by atoms with E-state index in [-0.39, 0.29) is 48.2 Å². The molecule has 20 nitrogen and oxygen atoms in total. The quantitative estimate of drug-likeness (QED) is 0.0871. The Bertz CT molecular complexity index is 1760. The van der Waals surface area contributed by atoms with Crippen molar-refractivity contribution in [3.05, 3.63) is 23.0 Å². The number of imidazole rings is 1. The number of ether oxygens (including phenoxy) is 2. The summed E-state index contributed by atoms with van der Waals surface area (Å²) >= 11 is 8.36. The number of anilines is 2. The van der Waals surface area contributed by atoms with E-state index in [0.717, 1.165) is 4.68 Å². The lowest BCUT2D eigenvalue weighted by Crippen LogP contribution is -2.31. The van der Waals surface area contributed by atoms with E-state index in [9.17, 15) is 19.9 Å². The lowest BCUT2D eigenvalue weighted by atomic mass is 10.1. The van der Waals surface area contributed by atoms with Crippen molar-refractivity contribution < 1.29 is 42.6 Å². The maximum Gasteiger partial charge on any atom is 0.325 e. The van der Waals surface area contributed by atoms with Crippen molar-refractivity contribution in [2.45, 2.75) is 49.5 Å². The molecule has 0 amide bonds. The summed E-state index contributed by atoms with van der Waals surface area (Å²) in [6, 6.07) is 0. The molecular formula is C19H24FN11O9P2S2. The molecule has 0 radical (unpaired) electrons. The van der Waals surface area contributed by atoms with E-state index in [4.69, 9.17) is 46.4 Å². The number of aliphatic hydroxyl groups excluding tert-OH is 2. The largest absolute Gasteiger partial charge is 0.394 e. The number of nitrogens with one attached hydrogen (secondary N) is 1. The molecule has 0 saturated carbocycles. The number of rotatable bonds is 8. The first-order chi connectivity index (χ1) is 21.0. The smallest absolute Gasteiger partial charge is 0.325 e. The van der Waals surface area contributed by atoms with Crippen molar-refractivity contribution in [1.29, 1.82) is 0 Å². The van der Waals surface area contributed by atoms with Crippen molar-refractivity contribution in [2.24, 2.45) is 0 Å². The summed E-state index contributed by atoms with van der Waals surface area (Å²) in [5.74, 6) is -0.113. The van der Waals surface area contributed by atoms with Gasteiger partial charge in [-0.1, -0.05) is 17.5 Å². The number of aromatic amines is 1. The van der Waals surface area contributed by atoms with Gasteiger partial charge in [0.2, 0.25) is 13.6 Å². The van der Waals surface area contributed by atoms with Gasteiger partial charge in [-0.25, -0.2) is 19.3 Å². The Morgan fingerprint density at radius 2 is 2.00 bits per heavy atom. The zero-order chi connectivity index (χ0) is 31.8. The van der Waals surface area contributed by atoms with Crippen LogP contribution in [0.3, 0.4) is 0 Å². The SMILES string of the molecule is Nc1nc2c(nnn2[C@@H]2O[C@H](CO)C[C@H]2OP(O)(=S)OC[C@H]2O[C@@H](n3cnc4c(N)ncnc43)[C@@H](F)[C@@H]2O)c(=O)[nH]1.O=PS. The minimum absolute atomic E-state index is 0.0304. The number of halogens is 1. The number of nitrogen functional groups attached to an aromatic ring is 2. The molecule has 2 aliphatic rings. The molecule has 0 aliphatic carbocycles. The van der Waals surface area contributed by atoms with Gasteiger partial charge in [0.05, 0.1) is 25.6 Å². The molecule has 0 spiro atoms. The molecule has 6 heterocycles. The van der Waals surface area contributed by atoms with Gasteiger partial charge in [0, 0.05) is 6.42 Å². The third kappa shape index (κ3) is 6.44. The van der Waals surface area contributed by atoms with Crippen LogP contribution in [0.2, 0.25) is 0 Å². The van der Waals surface area contributed by atoms with Crippen molar-refractivity contribution in [1.82, 2.24) is 44.5 Å². The molecule has 238 valence electrons. The molecule has 0 bridgehead atoms. The lowest BCUT2D eigenvalue weighted by molar-refractivity contribution is -0.0595. The topological polar surface area (TPSA) is 287 Å². The van der Waals surface area contributed by atoms with Gasteiger partial charge in [-0.05, 0) is 11.8 Å². The molecule has 4 aromatic heterocycles. The molecule has 2 saturated heterocycles. The standard InChI is InChI=1S/C19H23FN11O8PS.HOPS/c20-9-12(33)8(38-18(9)30-5-25-10-13(21)23-4-24-14(10)30)3-36-40(35,41)39-7-1-6(2-32)37-17(7)31-15-11(28-29-31)16(34)27-19(22)26-15;1-2-3/h4-9,12,17-18,32-33H,1-3H2,(H,35,41)(H2,21,23,24)(H3,22,26,27,34);(H,1,3)/t6-,7+,8+,9-,12+,17+,18+,40?;/m0./s1. The molecule has 4 aromatic rings. The highest BCUT2D eigenvalue weighted by Crippen LogP contribution is 2.50. The number of alkyl halides is 1. The second kappa shape index (κ2) is 13.3. The molecule has 6 rings (SSSR count). The van der Waals surface area contributed by atoms with Crippen LogP contribution in [0.4, 0.5) is 16.2 Å². The third-order valence-electron chi connectivity index (χ3n) is 6.57. The molecule has 2 aliphatic heterocycles. The highest BCUT2D eigenvalue weighted by molar-refractivity contribution is 8.33. The third-order valence-corrected chi connectivity index (χ3v) is 8.16. The number of aromatic nitrogens is 9. The van der Waals surface area contributed by atoms with E-state index >= 15 is 4.39 Å². The zero-order valence-corrected chi connectivity index (χ0v) is 25.5. The van der Waals surface area contributed by atoms with Crippen molar-refractivity contribution in [2.75, 3.05) is 24.7 Å². The average molecular weight is 696 g/mol. The summed E-state index contributed by atoms with van der Waals surface area (Å²) < 4.78 is 48.8. The fraction of sp³-hybridized carbons (Fsp3) is 0.526. The number of H-pyrrole nitrogens is 1. The first-order valence-electron chi connectivity index (χ1n) is 12.4. The minimum Gasteiger partial charge on any atom is -0.394 e. The van der Waals surface area contributed by atoms with Crippen LogP contribution in [-0.2, 0) is 34.9 Å². The van der Waals surface area contributed by atoms with Crippen molar-refractivity contribution >= 4 is 72.5 Å². The average Bonchev–Trinajstić information content (AvgIpc) is 3.74. The lowest BCUT2D eigenvalue weighted by Gasteiger charge is -2.25. The van der Waals surface area contributed by atoms with E-state index in [2.05, 4.69) is 47.5 Å². The molecule has 2 fully saturated rings. The predicted octanol–water partition coefficient (Wildman–Crippen LogP) is -0.863. The van der Waals surface area contributed by atoms with E-state index in [0.29, 0.717) is 0 Å². The second-order valence-electron chi connectivity index (χ2n) is 9.30. The second-order valence-corrected chi connectivity index (χ2v) is 12.7. The monoisotopic (exact) mass is 695 g/mol. The van der Waals surface area contributed by atoms with Crippen molar-refractivity contribution in [3.8, 4) is 0 Å². The van der Waals surface area contributed by atoms with Crippen LogP contribution < -0.4 is 17.0 Å². The molecule has 25 heteroatoms. The molecule has 44 heavy (non-hydrogen) atoms. The van der Waals surface area contributed by atoms with Crippen LogP contribution in [0.25, 0.3) is 22.3 Å². The Morgan fingerprint density at radius 3 is 2.73 bits per heavy atom. The Labute approximate surface area is 256 Å². The zero-order valence-electron chi connectivity index (χ0n) is 22.0. The maximum absolute atomic E-state index is 15.1. The fourth-order valence-corrected chi connectivity index (χ4v) is 6.11. The molecule has 8 atom stereocenters. The number of thiol groups is 1. The van der Waals surface area contributed by atoms with Gasteiger partial charge >= 0.3 is 6.72 Å². The van der Waals surface area contributed by atoms with Gasteiger partial charge in [0.25, 0.3) is 5.56 Å². The van der Waals surface area contributed by atoms with Crippen LogP contribution in [0.15, 0.2) is 17.4 Å². The van der Waals surface area contributed by atoms with Crippen LogP contribution in [-0.4, -0.2) is 103 Å². The molecule has 1 unspecified atom stereocenters. The van der Waals surface area contributed by atoms with Gasteiger partial charge in [0.15, 0.2) is 41.3 Å². The Hall–Kier alpha value is -2.82. The number of aliphatic hydroxyl groups is 2. The van der Waals surface area contributed by atoms with Crippen molar-refractivity contribution in [3.63, 3.8) is 0 Å². The predicted molar refractivity (Wildman–Crippen MR) is 154 cm³/mol. The Morgan fingerprint density at radius 1 is 1.25 bits per heavy atom. The molecule has 0 aromatic carbocycles. The van der Waals surface area contributed by atoms with Gasteiger partial charge in [-0.3, -0.25) is 18.9 Å². The van der Waals surface area contributed by atoms with E-state index < -0.39 is 68.5 Å². The Kier molecular flexibility index (Phi) is 9.82. The number of fused-ring (bicyclic) bond motifs is 2. The summed E-state index contributed by atoms with van der Waals surface area (Å²) in [7, 11) is -0.139. The van der Waals surface area contributed by atoms with E-state index in [1.807, 2.05) is 0 Å². The van der Waals surface area contributed by atoms with Crippen LogP contribution in [0.5, 0.6) is 0 Å². The van der Waals surface area contributed by atoms with Crippen LogP contribution in [0.1, 0.15) is 18.9 Å². The van der Waals surface area contributed by atoms with E-state index in [1.54, 1.807) is 0 Å². The summed E-state index contributed by atoms with van der Waals surface area (Å²) in [6.07, 6.45) is -6.64. The Balaban J connectivity index is 0.00000123. The molecule has 8 N–H and O–H groups in total. The van der Waals surface area contributed by atoms with Crippen LogP contribution in [0, 0.1) is 0 Å². The summed E-state index contributed by atoms with van der Waals surface area (Å²) in [6.45, 7) is -5.05. The highest BCUT2D eigenvalue weighted by Gasteiger charge is 2.47. The first-order valence-corrected chi connectivity index (χ1v) is 16.9. The maximum atomic E-state index is 15.1. The van der Waals surface area contributed by atoms with Crippen LogP contribution >= 0.6 is 26.6 Å². The van der Waals surface area contributed by atoms with E-state index in [1.165, 1.54) is 17.2 Å². The summed E-state index contributed by atoms with van der Waals surface area (Å²) in [5, 5.41) is 27.8. The van der Waals surface area contributed by atoms with Gasteiger partial charge in [-0.15, -0.1) is 5.10 Å². The first kappa shape index (κ1) is 32.6. The number of hydrogen-bond acceptors (Lipinski definition) is 17. The molecular weight excluding hydrogens is 671 g/mol. The fourth-order valence-electron chi connectivity index (χ4n) is 4.66. The van der Waals surface area contributed by atoms with Gasteiger partial charge < -0.3 is 45.1 Å². The summed E-state index contributed by atoms with van der Waals surface area (Å²) in [4.78, 5) is 41.3. The number of nitrogens with two attached hydrogens (primary N) is 2. The minimum atomic E-state index is -4.09. The summed E-state index contributed by atoms with van der Waals surface area (Å²) in [5.41, 5.74) is 11.1. The number of hydrogen-bond donors (Lipinski definition) is 7. The highest BCUT2D eigenvalue weighted by atomic mass is 32.7. The number of nitrogens with zero attached hydrogens (tertiary/aromatic N) is 8. The van der Waals surface area contributed by atoms with Gasteiger partial charge in [0.1, 0.15) is 30.2 Å². The van der Waals surface area contributed by atoms with Gasteiger partial charge in [-0.2, -0.15) is 9.67 Å².